The molecule has 0 aromatic heterocycles. The first-order valence-electron chi connectivity index (χ1n) is 6.71. The summed E-state index contributed by atoms with van der Waals surface area (Å²) in [5, 5.41) is 11.7. The molecule has 0 aliphatic rings. The van der Waals surface area contributed by atoms with Crippen molar-refractivity contribution < 1.29 is 19.4 Å². The van der Waals surface area contributed by atoms with Crippen LogP contribution in [0.5, 0.6) is 0 Å². The molecule has 0 bridgehead atoms. The quantitative estimate of drug-likeness (QED) is 0.600. The number of urea groups is 1. The number of carbonyl (C=O) groups is 2. The lowest BCUT2D eigenvalue weighted by molar-refractivity contribution is -0.139. The predicted octanol–water partition coefficient (Wildman–Crippen LogP) is 1.65. The zero-order valence-electron chi connectivity index (χ0n) is 12.7. The highest BCUT2D eigenvalue weighted by molar-refractivity contribution is 7.98. The summed E-state index contributed by atoms with van der Waals surface area (Å²) < 4.78 is 4.89. The van der Waals surface area contributed by atoms with E-state index in [0.717, 1.165) is 12.2 Å². The molecular formula is C13H26N2O4S. The highest BCUT2D eigenvalue weighted by Crippen LogP contribution is 2.09. The summed E-state index contributed by atoms with van der Waals surface area (Å²) in [5.41, 5.74) is 0. The van der Waals surface area contributed by atoms with Gasteiger partial charge < -0.3 is 20.1 Å². The minimum atomic E-state index is -1.01. The lowest BCUT2D eigenvalue weighted by atomic mass is 10.1. The second-order valence-electron chi connectivity index (χ2n) is 4.60. The van der Waals surface area contributed by atoms with Gasteiger partial charge in [0.1, 0.15) is 6.04 Å². The normalized spacial score (nSPS) is 13.6. The number of carbonyl (C=O) groups excluding carboxylic acids is 1. The van der Waals surface area contributed by atoms with E-state index >= 15 is 0 Å². The Bertz CT molecular complexity index is 302. The molecule has 20 heavy (non-hydrogen) atoms. The maximum atomic E-state index is 12.1. The Morgan fingerprint density at radius 3 is 2.55 bits per heavy atom. The molecule has 0 heterocycles. The molecule has 0 aromatic carbocycles. The van der Waals surface area contributed by atoms with Crippen molar-refractivity contribution >= 4 is 23.8 Å². The van der Waals surface area contributed by atoms with Crippen LogP contribution in [0.2, 0.25) is 0 Å². The number of thioether (sulfide) groups is 1. The number of methoxy groups -OCH3 is 1. The van der Waals surface area contributed by atoms with Crippen LogP contribution in [0.4, 0.5) is 4.79 Å². The van der Waals surface area contributed by atoms with E-state index in [1.54, 1.807) is 30.8 Å². The monoisotopic (exact) mass is 306 g/mol. The van der Waals surface area contributed by atoms with Gasteiger partial charge in [-0.05, 0) is 25.5 Å². The van der Waals surface area contributed by atoms with Crippen LogP contribution in [0.15, 0.2) is 0 Å². The van der Waals surface area contributed by atoms with E-state index in [1.807, 2.05) is 13.2 Å². The number of aliphatic carboxylic acids is 1. The summed E-state index contributed by atoms with van der Waals surface area (Å²) in [6.45, 7) is 2.50. The Hall–Kier alpha value is -0.950. The number of nitrogens with zero attached hydrogens (tertiary/aromatic N) is 1. The third-order valence-electron chi connectivity index (χ3n) is 3.14. The fourth-order valence-corrected chi connectivity index (χ4v) is 2.65. The summed E-state index contributed by atoms with van der Waals surface area (Å²) >= 11 is 1.67. The molecule has 2 unspecified atom stereocenters. The second-order valence-corrected chi connectivity index (χ2v) is 5.51. The van der Waals surface area contributed by atoms with Gasteiger partial charge in [-0.3, -0.25) is 0 Å². The van der Waals surface area contributed by atoms with Crippen molar-refractivity contribution in [2.45, 2.75) is 38.3 Å². The highest BCUT2D eigenvalue weighted by atomic mass is 32.2. The first-order chi connectivity index (χ1) is 9.47. The molecule has 0 fully saturated rings. The van der Waals surface area contributed by atoms with Crippen LogP contribution in [0.3, 0.4) is 0 Å². The van der Waals surface area contributed by atoms with Gasteiger partial charge in [-0.25, -0.2) is 9.59 Å². The summed E-state index contributed by atoms with van der Waals surface area (Å²) in [5.74, 6) is -0.178. The molecule has 118 valence electrons. The first kappa shape index (κ1) is 19.1. The van der Waals surface area contributed by atoms with Crippen molar-refractivity contribution in [2.24, 2.45) is 0 Å². The Morgan fingerprint density at radius 2 is 2.10 bits per heavy atom. The average molecular weight is 306 g/mol. The third-order valence-corrected chi connectivity index (χ3v) is 3.85. The molecule has 0 aliphatic heterocycles. The van der Waals surface area contributed by atoms with Gasteiger partial charge >= 0.3 is 12.0 Å². The Kier molecular flexibility index (Phi) is 10.3. The van der Waals surface area contributed by atoms with Gasteiger partial charge in [-0.1, -0.05) is 6.92 Å². The predicted molar refractivity (Wildman–Crippen MR) is 81.3 cm³/mol. The van der Waals surface area contributed by atoms with Crippen LogP contribution in [-0.4, -0.2) is 66.9 Å². The van der Waals surface area contributed by atoms with Gasteiger partial charge in [0.05, 0.1) is 0 Å². The van der Waals surface area contributed by atoms with Gasteiger partial charge in [-0.2, -0.15) is 11.8 Å². The summed E-state index contributed by atoms with van der Waals surface area (Å²) in [7, 11) is 3.27. The van der Waals surface area contributed by atoms with Crippen LogP contribution in [0, 0.1) is 0 Å². The number of amides is 2. The van der Waals surface area contributed by atoms with Crippen molar-refractivity contribution in [3.63, 3.8) is 0 Å². The molecule has 0 radical (unpaired) electrons. The zero-order chi connectivity index (χ0) is 15.5. The lowest BCUT2D eigenvalue weighted by Crippen LogP contribution is -2.50. The number of ether oxygens (including phenoxy) is 1. The van der Waals surface area contributed by atoms with E-state index in [4.69, 9.17) is 9.84 Å². The number of carboxylic acids is 1. The molecule has 0 rings (SSSR count). The standard InChI is InChI=1S/C13H26N2O4S/c1-5-10(9-20-4)15(2)13(18)14-11(12(16)17)7-6-8-19-3/h10-11H,5-9H2,1-4H3,(H,14,18)(H,16,17). The van der Waals surface area contributed by atoms with E-state index in [1.165, 1.54) is 0 Å². The van der Waals surface area contributed by atoms with E-state index < -0.39 is 12.0 Å². The van der Waals surface area contributed by atoms with E-state index in [-0.39, 0.29) is 12.1 Å². The van der Waals surface area contributed by atoms with Crippen molar-refractivity contribution in [3.05, 3.63) is 0 Å². The van der Waals surface area contributed by atoms with Crippen LogP contribution in [0.25, 0.3) is 0 Å². The molecule has 0 spiro atoms. The van der Waals surface area contributed by atoms with Crippen molar-refractivity contribution in [3.8, 4) is 0 Å². The van der Waals surface area contributed by atoms with Gasteiger partial charge in [0.2, 0.25) is 0 Å². The molecular weight excluding hydrogens is 280 g/mol. The number of rotatable bonds is 10. The number of carboxylic acid groups (broad SMARTS) is 1. The molecule has 0 aromatic rings. The summed E-state index contributed by atoms with van der Waals surface area (Å²) in [6.07, 6.45) is 3.78. The van der Waals surface area contributed by atoms with Crippen LogP contribution < -0.4 is 5.32 Å². The minimum Gasteiger partial charge on any atom is -0.480 e. The smallest absolute Gasteiger partial charge is 0.326 e. The molecule has 0 saturated heterocycles. The van der Waals surface area contributed by atoms with Crippen LogP contribution in [-0.2, 0) is 9.53 Å². The van der Waals surface area contributed by atoms with Crippen molar-refractivity contribution in [2.75, 3.05) is 32.8 Å². The molecule has 2 N–H and O–H groups in total. The maximum absolute atomic E-state index is 12.1. The Morgan fingerprint density at radius 1 is 1.45 bits per heavy atom. The van der Waals surface area contributed by atoms with E-state index in [9.17, 15) is 9.59 Å². The maximum Gasteiger partial charge on any atom is 0.326 e. The van der Waals surface area contributed by atoms with Crippen molar-refractivity contribution in [1.29, 1.82) is 0 Å². The summed E-state index contributed by atoms with van der Waals surface area (Å²) in [6, 6.07) is -1.10. The number of hydrogen-bond acceptors (Lipinski definition) is 4. The molecule has 2 amide bonds. The van der Waals surface area contributed by atoms with Gasteiger partial charge in [-0.15, -0.1) is 0 Å². The zero-order valence-corrected chi connectivity index (χ0v) is 13.5. The second kappa shape index (κ2) is 10.8. The Balaban J connectivity index is 4.46. The largest absolute Gasteiger partial charge is 0.480 e. The molecule has 0 aliphatic carbocycles. The number of hydrogen-bond donors (Lipinski definition) is 2. The lowest BCUT2D eigenvalue weighted by Gasteiger charge is -2.28. The van der Waals surface area contributed by atoms with Crippen molar-refractivity contribution in [1.82, 2.24) is 10.2 Å². The fraction of sp³-hybridized carbons (Fsp3) is 0.846. The first-order valence-corrected chi connectivity index (χ1v) is 8.11. The van der Waals surface area contributed by atoms with Crippen LogP contribution in [0.1, 0.15) is 26.2 Å². The molecule has 0 saturated carbocycles. The van der Waals surface area contributed by atoms with Gasteiger partial charge in [0.25, 0.3) is 0 Å². The van der Waals surface area contributed by atoms with Crippen LogP contribution >= 0.6 is 11.8 Å². The molecule has 2 atom stereocenters. The number of nitrogens with one attached hydrogen (secondary N) is 1. The van der Waals surface area contributed by atoms with Gasteiger partial charge in [0, 0.05) is 32.6 Å². The Labute approximate surface area is 125 Å². The van der Waals surface area contributed by atoms with E-state index in [0.29, 0.717) is 19.4 Å². The average Bonchev–Trinajstić information content (AvgIpc) is 2.42. The van der Waals surface area contributed by atoms with E-state index in [2.05, 4.69) is 5.32 Å². The minimum absolute atomic E-state index is 0.110. The van der Waals surface area contributed by atoms with Gasteiger partial charge in [0.15, 0.2) is 0 Å². The summed E-state index contributed by atoms with van der Waals surface area (Å²) in [4.78, 5) is 24.8. The molecule has 6 nitrogen and oxygen atoms in total. The SMILES string of the molecule is CCC(CSC)N(C)C(=O)NC(CCCOC)C(=O)O. The third kappa shape index (κ3) is 7.00. The topological polar surface area (TPSA) is 78.9 Å². The molecule has 7 heteroatoms. The fourth-order valence-electron chi connectivity index (χ4n) is 1.80. The highest BCUT2D eigenvalue weighted by Gasteiger charge is 2.24.